The molecule has 0 bridgehead atoms. The first-order valence-electron chi connectivity index (χ1n) is 8.34. The molecule has 6 nitrogen and oxygen atoms in total. The van der Waals surface area contributed by atoms with Crippen molar-refractivity contribution >= 4 is 5.69 Å². The summed E-state index contributed by atoms with van der Waals surface area (Å²) in [5.74, 6) is 0.666. The van der Waals surface area contributed by atoms with E-state index in [-0.39, 0.29) is 10.6 Å². The molecule has 0 heterocycles. The lowest BCUT2D eigenvalue weighted by atomic mass is 10.1. The zero-order chi connectivity index (χ0) is 18.1. The molecule has 25 heavy (non-hydrogen) atoms. The minimum Gasteiger partial charge on any atom is -0.496 e. The second-order valence-corrected chi connectivity index (χ2v) is 6.01. The zero-order valence-corrected chi connectivity index (χ0v) is 14.8. The van der Waals surface area contributed by atoms with Gasteiger partial charge in [0.05, 0.1) is 12.0 Å². The van der Waals surface area contributed by atoms with Crippen molar-refractivity contribution in [3.63, 3.8) is 0 Å². The molecule has 0 saturated carbocycles. The molecule has 2 rings (SSSR count). The van der Waals surface area contributed by atoms with E-state index in [0.29, 0.717) is 12.3 Å². The molecular weight excluding hydrogens is 318 g/mol. The van der Waals surface area contributed by atoms with Crippen molar-refractivity contribution in [2.75, 3.05) is 27.2 Å². The fourth-order valence-corrected chi connectivity index (χ4v) is 2.69. The van der Waals surface area contributed by atoms with Crippen LogP contribution in [0, 0.1) is 10.1 Å². The molecule has 0 atom stereocenters. The van der Waals surface area contributed by atoms with Crippen LogP contribution in [-0.4, -0.2) is 37.1 Å². The van der Waals surface area contributed by atoms with Gasteiger partial charge in [0.25, 0.3) is 5.69 Å². The van der Waals surface area contributed by atoms with Crippen LogP contribution in [-0.2, 0) is 13.1 Å². The smallest absolute Gasteiger partial charge is 0.270 e. The first-order valence-corrected chi connectivity index (χ1v) is 8.34. The Hall–Kier alpha value is -2.44. The van der Waals surface area contributed by atoms with Crippen LogP contribution in [0.15, 0.2) is 48.5 Å². The van der Waals surface area contributed by atoms with Gasteiger partial charge in [-0.3, -0.25) is 10.1 Å². The lowest BCUT2D eigenvalue weighted by Crippen LogP contribution is -2.23. The van der Waals surface area contributed by atoms with Crippen molar-refractivity contribution in [1.82, 2.24) is 10.2 Å². The molecule has 0 unspecified atom stereocenters. The Morgan fingerprint density at radius 2 is 1.96 bits per heavy atom. The van der Waals surface area contributed by atoms with Crippen LogP contribution in [0.25, 0.3) is 0 Å². The standard InChI is InChI=1S/C19H25N3O3/c1-21(15-16-7-4-3-5-8-16)12-6-11-20-14-17-13-18(22(23)24)9-10-19(17)25-2/h3-5,7-10,13,20H,6,11-12,14-15H2,1-2H3. The molecule has 1 N–H and O–H groups in total. The number of benzene rings is 2. The van der Waals surface area contributed by atoms with E-state index < -0.39 is 0 Å². The normalized spacial score (nSPS) is 10.8. The second kappa shape index (κ2) is 9.76. The summed E-state index contributed by atoms with van der Waals surface area (Å²) in [5.41, 5.74) is 2.19. The summed E-state index contributed by atoms with van der Waals surface area (Å²) in [6.45, 7) is 3.30. The molecular formula is C19H25N3O3. The van der Waals surface area contributed by atoms with Gasteiger partial charge in [-0.1, -0.05) is 30.3 Å². The van der Waals surface area contributed by atoms with E-state index in [2.05, 4.69) is 41.5 Å². The maximum Gasteiger partial charge on any atom is 0.270 e. The minimum absolute atomic E-state index is 0.0835. The number of nitrogens with zero attached hydrogens (tertiary/aromatic N) is 2. The lowest BCUT2D eigenvalue weighted by molar-refractivity contribution is -0.384. The summed E-state index contributed by atoms with van der Waals surface area (Å²) in [5, 5.41) is 14.2. The Morgan fingerprint density at radius 1 is 1.20 bits per heavy atom. The third kappa shape index (κ3) is 6.17. The van der Waals surface area contributed by atoms with Gasteiger partial charge in [-0.2, -0.15) is 0 Å². The third-order valence-electron chi connectivity index (χ3n) is 3.98. The maximum atomic E-state index is 10.9. The van der Waals surface area contributed by atoms with Crippen LogP contribution >= 0.6 is 0 Å². The first-order chi connectivity index (χ1) is 12.1. The van der Waals surface area contributed by atoms with Gasteiger partial charge in [0.15, 0.2) is 0 Å². The van der Waals surface area contributed by atoms with Gasteiger partial charge in [-0.25, -0.2) is 0 Å². The summed E-state index contributed by atoms with van der Waals surface area (Å²) in [6, 6.07) is 15.0. The number of non-ortho nitro benzene ring substituents is 1. The quantitative estimate of drug-likeness (QED) is 0.408. The molecule has 2 aromatic rings. The molecule has 0 radical (unpaired) electrons. The Labute approximate surface area is 148 Å². The summed E-state index contributed by atoms with van der Waals surface area (Å²) < 4.78 is 5.27. The van der Waals surface area contributed by atoms with Gasteiger partial charge in [0, 0.05) is 30.8 Å². The number of nitro groups is 1. The van der Waals surface area contributed by atoms with Crippen LogP contribution in [0.4, 0.5) is 5.69 Å². The van der Waals surface area contributed by atoms with E-state index in [4.69, 9.17) is 4.74 Å². The molecule has 0 fully saturated rings. The molecule has 0 saturated heterocycles. The average Bonchev–Trinajstić information content (AvgIpc) is 2.62. The summed E-state index contributed by atoms with van der Waals surface area (Å²) in [7, 11) is 3.68. The Balaban J connectivity index is 1.74. The largest absolute Gasteiger partial charge is 0.496 e. The zero-order valence-electron chi connectivity index (χ0n) is 14.8. The SMILES string of the molecule is COc1ccc([N+](=O)[O-])cc1CNCCCN(C)Cc1ccccc1. The number of hydrogen-bond donors (Lipinski definition) is 1. The Bertz CT molecular complexity index is 677. The number of nitro benzene ring substituents is 1. The predicted molar refractivity (Wildman–Crippen MR) is 98.7 cm³/mol. The summed E-state index contributed by atoms with van der Waals surface area (Å²) >= 11 is 0. The first kappa shape index (κ1) is 18.9. The molecule has 134 valence electrons. The average molecular weight is 343 g/mol. The number of nitrogens with one attached hydrogen (secondary N) is 1. The monoisotopic (exact) mass is 343 g/mol. The number of hydrogen-bond acceptors (Lipinski definition) is 5. The Morgan fingerprint density at radius 3 is 2.64 bits per heavy atom. The third-order valence-corrected chi connectivity index (χ3v) is 3.98. The predicted octanol–water partition coefficient (Wildman–Crippen LogP) is 3.22. The molecule has 0 amide bonds. The molecule has 0 aromatic heterocycles. The van der Waals surface area contributed by atoms with Crippen LogP contribution in [0.3, 0.4) is 0 Å². The van der Waals surface area contributed by atoms with Gasteiger partial charge in [-0.15, -0.1) is 0 Å². The molecule has 2 aromatic carbocycles. The van der Waals surface area contributed by atoms with E-state index in [1.54, 1.807) is 19.2 Å². The highest BCUT2D eigenvalue weighted by molar-refractivity contribution is 5.43. The fourth-order valence-electron chi connectivity index (χ4n) is 2.69. The summed E-state index contributed by atoms with van der Waals surface area (Å²) in [4.78, 5) is 12.8. The van der Waals surface area contributed by atoms with Crippen LogP contribution in [0.2, 0.25) is 0 Å². The fraction of sp³-hybridized carbons (Fsp3) is 0.368. The van der Waals surface area contributed by atoms with Crippen molar-refractivity contribution in [2.45, 2.75) is 19.5 Å². The topological polar surface area (TPSA) is 67.6 Å². The van der Waals surface area contributed by atoms with E-state index >= 15 is 0 Å². The van der Waals surface area contributed by atoms with E-state index in [9.17, 15) is 10.1 Å². The van der Waals surface area contributed by atoms with Crippen LogP contribution in [0.1, 0.15) is 17.5 Å². The number of methoxy groups -OCH3 is 1. The highest BCUT2D eigenvalue weighted by Crippen LogP contribution is 2.23. The van der Waals surface area contributed by atoms with Crippen molar-refractivity contribution < 1.29 is 9.66 Å². The number of ether oxygens (including phenoxy) is 1. The van der Waals surface area contributed by atoms with Crippen molar-refractivity contribution in [3.05, 3.63) is 69.8 Å². The summed E-state index contributed by atoms with van der Waals surface area (Å²) in [6.07, 6.45) is 1.00. The van der Waals surface area contributed by atoms with Gasteiger partial charge >= 0.3 is 0 Å². The van der Waals surface area contributed by atoms with Crippen molar-refractivity contribution in [2.24, 2.45) is 0 Å². The molecule has 0 spiro atoms. The molecule has 6 heteroatoms. The van der Waals surface area contributed by atoms with Gasteiger partial charge < -0.3 is 15.0 Å². The van der Waals surface area contributed by atoms with Crippen molar-refractivity contribution in [1.29, 1.82) is 0 Å². The van der Waals surface area contributed by atoms with E-state index in [1.165, 1.54) is 11.6 Å². The van der Waals surface area contributed by atoms with Gasteiger partial charge in [0.1, 0.15) is 5.75 Å². The Kier molecular flexibility index (Phi) is 7.37. The van der Waals surface area contributed by atoms with Gasteiger partial charge in [0.2, 0.25) is 0 Å². The van der Waals surface area contributed by atoms with Crippen LogP contribution < -0.4 is 10.1 Å². The highest BCUT2D eigenvalue weighted by atomic mass is 16.6. The van der Waals surface area contributed by atoms with Crippen molar-refractivity contribution in [3.8, 4) is 5.75 Å². The van der Waals surface area contributed by atoms with E-state index in [1.807, 2.05) is 6.07 Å². The maximum absolute atomic E-state index is 10.9. The molecule has 0 aliphatic rings. The van der Waals surface area contributed by atoms with Crippen LogP contribution in [0.5, 0.6) is 5.75 Å². The molecule has 0 aliphatic carbocycles. The molecule has 0 aliphatic heterocycles. The highest BCUT2D eigenvalue weighted by Gasteiger charge is 2.11. The second-order valence-electron chi connectivity index (χ2n) is 6.01. The van der Waals surface area contributed by atoms with E-state index in [0.717, 1.165) is 31.6 Å². The van der Waals surface area contributed by atoms with Gasteiger partial charge in [-0.05, 0) is 38.2 Å². The number of rotatable bonds is 10. The lowest BCUT2D eigenvalue weighted by Gasteiger charge is -2.17. The minimum atomic E-state index is -0.387.